The Morgan fingerprint density at radius 1 is 0.833 bits per heavy atom. The summed E-state index contributed by atoms with van der Waals surface area (Å²) in [7, 11) is 2.26. The Morgan fingerprint density at radius 3 is 2.00 bits per heavy atom. The molecule has 1 aromatic rings. The van der Waals surface area contributed by atoms with Crippen LogP contribution in [0.15, 0.2) is 24.3 Å². The molecular formula is C20H32N4. The van der Waals surface area contributed by atoms with Crippen LogP contribution in [0.3, 0.4) is 0 Å². The molecular weight excluding hydrogens is 296 g/mol. The summed E-state index contributed by atoms with van der Waals surface area (Å²) in [5, 5.41) is 0. The van der Waals surface area contributed by atoms with Crippen molar-refractivity contribution in [1.82, 2.24) is 14.7 Å². The first-order chi connectivity index (χ1) is 11.6. The van der Waals surface area contributed by atoms with Crippen LogP contribution in [0, 0.1) is 12.3 Å². The molecule has 0 bridgehead atoms. The third-order valence-corrected chi connectivity index (χ3v) is 6.30. The lowest BCUT2D eigenvalue weighted by Gasteiger charge is -2.53. The Morgan fingerprint density at radius 2 is 1.42 bits per heavy atom. The van der Waals surface area contributed by atoms with Crippen molar-refractivity contribution in [1.29, 1.82) is 0 Å². The summed E-state index contributed by atoms with van der Waals surface area (Å²) in [6.45, 7) is 13.3. The maximum atomic E-state index is 2.69. The molecule has 0 unspecified atom stereocenters. The van der Waals surface area contributed by atoms with E-state index in [0.717, 1.165) is 13.1 Å². The minimum Gasteiger partial charge on any atom is -0.369 e. The van der Waals surface area contributed by atoms with Crippen molar-refractivity contribution in [3.8, 4) is 0 Å². The van der Waals surface area contributed by atoms with Gasteiger partial charge in [0, 0.05) is 45.0 Å². The molecule has 1 spiro atoms. The standard InChI is InChI=1S/C20H32N4/c1-18-3-5-19(6-4-18)24-13-11-23(12-14-24)17-22-9-7-20(8-10-22)15-21(2)16-20/h3-6H,7-17H2,1-2H3. The molecule has 4 rings (SSSR count). The third kappa shape index (κ3) is 3.46. The fourth-order valence-electron chi connectivity index (χ4n) is 4.77. The number of aryl methyl sites for hydroxylation is 1. The summed E-state index contributed by atoms with van der Waals surface area (Å²) in [6.07, 6.45) is 2.81. The highest BCUT2D eigenvalue weighted by Crippen LogP contribution is 2.39. The van der Waals surface area contributed by atoms with Crippen molar-refractivity contribution in [2.45, 2.75) is 19.8 Å². The second kappa shape index (κ2) is 6.66. The van der Waals surface area contributed by atoms with Crippen LogP contribution in [-0.4, -0.2) is 80.8 Å². The Hall–Kier alpha value is -1.10. The normalized spacial score (nSPS) is 25.8. The molecule has 0 N–H and O–H groups in total. The lowest BCUT2D eigenvalue weighted by Crippen LogP contribution is -2.60. The smallest absolute Gasteiger partial charge is 0.0507 e. The number of nitrogens with zero attached hydrogens (tertiary/aromatic N) is 4. The monoisotopic (exact) mass is 328 g/mol. The van der Waals surface area contributed by atoms with Crippen LogP contribution in [0.25, 0.3) is 0 Å². The Kier molecular flexibility index (Phi) is 4.54. The zero-order chi connectivity index (χ0) is 16.6. The van der Waals surface area contributed by atoms with Crippen molar-refractivity contribution in [2.24, 2.45) is 5.41 Å². The first-order valence-corrected chi connectivity index (χ1v) is 9.57. The van der Waals surface area contributed by atoms with Gasteiger partial charge in [0.15, 0.2) is 0 Å². The summed E-state index contributed by atoms with van der Waals surface area (Å²) in [6, 6.07) is 8.99. The average molecular weight is 329 g/mol. The molecule has 1 aromatic carbocycles. The number of likely N-dealkylation sites (tertiary alicyclic amines) is 2. The summed E-state index contributed by atoms with van der Waals surface area (Å²) < 4.78 is 0. The van der Waals surface area contributed by atoms with Crippen LogP contribution in [0.1, 0.15) is 18.4 Å². The van der Waals surface area contributed by atoms with Crippen LogP contribution in [-0.2, 0) is 0 Å². The Labute approximate surface area is 147 Å². The van der Waals surface area contributed by atoms with Crippen molar-refractivity contribution in [3.05, 3.63) is 29.8 Å². The zero-order valence-corrected chi connectivity index (χ0v) is 15.4. The van der Waals surface area contributed by atoms with Crippen LogP contribution in [0.5, 0.6) is 0 Å². The fraction of sp³-hybridized carbons (Fsp3) is 0.700. The average Bonchev–Trinajstić information content (AvgIpc) is 2.57. The van der Waals surface area contributed by atoms with Crippen LogP contribution in [0.2, 0.25) is 0 Å². The highest BCUT2D eigenvalue weighted by atomic mass is 15.4. The number of benzene rings is 1. The Balaban J connectivity index is 1.22. The maximum absolute atomic E-state index is 2.69. The van der Waals surface area contributed by atoms with Gasteiger partial charge < -0.3 is 9.80 Å². The first kappa shape index (κ1) is 16.4. The molecule has 3 heterocycles. The van der Waals surface area contributed by atoms with Gasteiger partial charge in [-0.2, -0.15) is 0 Å². The van der Waals surface area contributed by atoms with Crippen molar-refractivity contribution < 1.29 is 0 Å². The summed E-state index contributed by atoms with van der Waals surface area (Å²) in [4.78, 5) is 10.3. The van der Waals surface area contributed by atoms with E-state index in [-0.39, 0.29) is 0 Å². The van der Waals surface area contributed by atoms with Gasteiger partial charge in [-0.1, -0.05) is 17.7 Å². The molecule has 3 saturated heterocycles. The highest BCUT2D eigenvalue weighted by molar-refractivity contribution is 5.47. The molecule has 132 valence electrons. The van der Waals surface area contributed by atoms with Gasteiger partial charge in [-0.25, -0.2) is 0 Å². The minimum atomic E-state index is 0.676. The molecule has 4 heteroatoms. The molecule has 0 atom stereocenters. The minimum absolute atomic E-state index is 0.676. The number of piperazine rings is 1. The SMILES string of the molecule is Cc1ccc(N2CCN(CN3CCC4(CC3)CN(C)C4)CC2)cc1. The fourth-order valence-corrected chi connectivity index (χ4v) is 4.77. The van der Waals surface area contributed by atoms with Crippen molar-refractivity contribution in [3.63, 3.8) is 0 Å². The largest absolute Gasteiger partial charge is 0.369 e. The Bertz CT molecular complexity index is 531. The predicted octanol–water partition coefficient (Wildman–Crippen LogP) is 2.10. The molecule has 3 aliphatic heterocycles. The van der Waals surface area contributed by atoms with Crippen molar-refractivity contribution in [2.75, 3.05) is 71.0 Å². The lowest BCUT2D eigenvalue weighted by molar-refractivity contribution is -0.0417. The maximum Gasteiger partial charge on any atom is 0.0507 e. The topological polar surface area (TPSA) is 13.0 Å². The van der Waals surface area contributed by atoms with E-state index < -0.39 is 0 Å². The zero-order valence-electron chi connectivity index (χ0n) is 15.4. The third-order valence-electron chi connectivity index (χ3n) is 6.30. The molecule has 24 heavy (non-hydrogen) atoms. The van der Waals surface area contributed by atoms with E-state index in [1.165, 1.54) is 70.0 Å². The van der Waals surface area contributed by atoms with Crippen molar-refractivity contribution >= 4 is 5.69 Å². The number of hydrogen-bond acceptors (Lipinski definition) is 4. The van der Waals surface area contributed by atoms with Gasteiger partial charge in [-0.15, -0.1) is 0 Å². The van der Waals surface area contributed by atoms with Gasteiger partial charge >= 0.3 is 0 Å². The first-order valence-electron chi connectivity index (χ1n) is 9.57. The van der Waals surface area contributed by atoms with E-state index in [1.807, 2.05) is 0 Å². The molecule has 0 aromatic heterocycles. The van der Waals surface area contributed by atoms with Gasteiger partial charge in [0.25, 0.3) is 0 Å². The molecule has 0 aliphatic carbocycles. The summed E-state index contributed by atoms with van der Waals surface area (Å²) in [5.41, 5.74) is 3.40. The molecule has 3 fully saturated rings. The summed E-state index contributed by atoms with van der Waals surface area (Å²) in [5.74, 6) is 0. The van der Waals surface area contributed by atoms with E-state index in [2.05, 4.69) is 57.8 Å². The van der Waals surface area contributed by atoms with Crippen LogP contribution in [0.4, 0.5) is 5.69 Å². The molecule has 0 saturated carbocycles. The van der Waals surface area contributed by atoms with E-state index >= 15 is 0 Å². The second-order valence-corrected chi connectivity index (χ2v) is 8.37. The molecule has 4 nitrogen and oxygen atoms in total. The van der Waals surface area contributed by atoms with E-state index in [0.29, 0.717) is 5.41 Å². The van der Waals surface area contributed by atoms with Crippen LogP contribution < -0.4 is 4.90 Å². The number of piperidine rings is 1. The quantitative estimate of drug-likeness (QED) is 0.842. The second-order valence-electron chi connectivity index (χ2n) is 8.37. The van der Waals surface area contributed by atoms with Gasteiger partial charge in [-0.05, 0) is 57.5 Å². The molecule has 0 amide bonds. The lowest BCUT2D eigenvalue weighted by atomic mass is 9.72. The predicted molar refractivity (Wildman–Crippen MR) is 101 cm³/mol. The highest BCUT2D eigenvalue weighted by Gasteiger charge is 2.43. The van der Waals surface area contributed by atoms with E-state index in [9.17, 15) is 0 Å². The van der Waals surface area contributed by atoms with E-state index in [1.54, 1.807) is 0 Å². The van der Waals surface area contributed by atoms with Gasteiger partial charge in [0.1, 0.15) is 0 Å². The number of hydrogen-bond donors (Lipinski definition) is 0. The summed E-state index contributed by atoms with van der Waals surface area (Å²) >= 11 is 0. The van der Waals surface area contributed by atoms with Gasteiger partial charge in [-0.3, -0.25) is 9.80 Å². The molecule has 0 radical (unpaired) electrons. The van der Waals surface area contributed by atoms with E-state index in [4.69, 9.17) is 0 Å². The van der Waals surface area contributed by atoms with Gasteiger partial charge in [0.2, 0.25) is 0 Å². The molecule has 3 aliphatic rings. The van der Waals surface area contributed by atoms with Crippen LogP contribution >= 0.6 is 0 Å². The van der Waals surface area contributed by atoms with Gasteiger partial charge in [0.05, 0.1) is 6.67 Å². The number of anilines is 1. The number of rotatable bonds is 3.